The minimum Gasteiger partial charge on any atom is -0.471 e. The quantitative estimate of drug-likeness (QED) is 0.205. The van der Waals surface area contributed by atoms with Gasteiger partial charge in [0, 0.05) is 35.5 Å². The number of halogens is 1. The van der Waals surface area contributed by atoms with Gasteiger partial charge in [-0.05, 0) is 87.8 Å². The molecule has 7 rings (SSSR count). The molecule has 234 valence electrons. The Morgan fingerprint density at radius 2 is 1.91 bits per heavy atom. The van der Waals surface area contributed by atoms with Crippen molar-refractivity contribution in [2.45, 2.75) is 57.7 Å². The molecule has 0 radical (unpaired) electrons. The zero-order chi connectivity index (χ0) is 32.1. The van der Waals surface area contributed by atoms with Crippen LogP contribution in [-0.2, 0) is 4.79 Å². The molecule has 46 heavy (non-hydrogen) atoms. The number of carbonyl (C=O) groups is 1. The molecule has 2 aliphatic rings. The molecule has 0 aliphatic carbocycles. The summed E-state index contributed by atoms with van der Waals surface area (Å²) in [5, 5.41) is 21.3. The van der Waals surface area contributed by atoms with Crippen molar-refractivity contribution >= 4 is 38.6 Å². The first kappa shape index (κ1) is 29.8. The van der Waals surface area contributed by atoms with E-state index in [1.54, 1.807) is 11.0 Å². The van der Waals surface area contributed by atoms with Gasteiger partial charge in [0.1, 0.15) is 17.1 Å². The zero-order valence-electron chi connectivity index (χ0n) is 26.3. The van der Waals surface area contributed by atoms with Crippen molar-refractivity contribution < 1.29 is 13.9 Å². The Bertz CT molecular complexity index is 2050. The molecule has 2 aliphatic heterocycles. The maximum Gasteiger partial charge on any atom is 0.245 e. The standard InChI is InChI=1S/C36H36FN7O2/c1-5-29(45)43-17-14-25(15-18-43)44-35-27-19-21(2)30(26-12-7-10-23-9-6-11-24(20-38)31(23)26)32(37)33(27)39-36(34(35)40-41-44)46-22(3)28-13-8-16-42(28)4/h5-7,9-12,19,22,25,28H,1,8,13-18H2,2-4H3/t22-,28-/m0/s1. The van der Waals surface area contributed by atoms with E-state index >= 15 is 4.39 Å². The number of ether oxygens (including phenoxy) is 1. The molecule has 1 amide bonds. The molecule has 2 saturated heterocycles. The lowest BCUT2D eigenvalue weighted by Gasteiger charge is -2.31. The van der Waals surface area contributed by atoms with Gasteiger partial charge in [0.15, 0.2) is 11.3 Å². The average Bonchev–Trinajstić information content (AvgIpc) is 3.72. The molecule has 3 aromatic carbocycles. The van der Waals surface area contributed by atoms with Gasteiger partial charge in [-0.3, -0.25) is 9.69 Å². The highest BCUT2D eigenvalue weighted by Gasteiger charge is 2.32. The number of carbonyl (C=O) groups excluding carboxylic acids is 1. The van der Waals surface area contributed by atoms with E-state index in [1.807, 2.05) is 54.9 Å². The van der Waals surface area contributed by atoms with Crippen LogP contribution in [0.3, 0.4) is 0 Å². The number of hydrogen-bond acceptors (Lipinski definition) is 7. The molecule has 0 spiro atoms. The fraction of sp³-hybridized carbons (Fsp3) is 0.361. The van der Waals surface area contributed by atoms with E-state index in [1.165, 1.54) is 6.08 Å². The summed E-state index contributed by atoms with van der Waals surface area (Å²) in [5.41, 5.74) is 3.57. The van der Waals surface area contributed by atoms with Crippen molar-refractivity contribution in [1.82, 2.24) is 29.8 Å². The Morgan fingerprint density at radius 1 is 1.15 bits per heavy atom. The molecule has 2 atom stereocenters. The number of pyridine rings is 1. The fourth-order valence-electron chi connectivity index (χ4n) is 7.45. The number of likely N-dealkylation sites (N-methyl/N-ethyl adjacent to an activating group) is 1. The van der Waals surface area contributed by atoms with Gasteiger partial charge in [-0.1, -0.05) is 42.1 Å². The van der Waals surface area contributed by atoms with Crippen LogP contribution in [0.5, 0.6) is 5.88 Å². The maximum absolute atomic E-state index is 17.1. The number of likely N-dealkylation sites (tertiary alicyclic amines) is 2. The van der Waals surface area contributed by atoms with Gasteiger partial charge in [0.2, 0.25) is 11.8 Å². The molecule has 10 heteroatoms. The number of hydrogen-bond donors (Lipinski definition) is 0. The van der Waals surface area contributed by atoms with Crippen LogP contribution < -0.4 is 4.74 Å². The summed E-state index contributed by atoms with van der Waals surface area (Å²) in [4.78, 5) is 21.2. The Hall–Kier alpha value is -4.88. The number of piperidine rings is 1. The summed E-state index contributed by atoms with van der Waals surface area (Å²) in [5.74, 6) is -0.312. The lowest BCUT2D eigenvalue weighted by molar-refractivity contribution is -0.127. The summed E-state index contributed by atoms with van der Waals surface area (Å²) in [6.07, 6.45) is 4.58. The Morgan fingerprint density at radius 3 is 2.61 bits per heavy atom. The third-order valence-corrected chi connectivity index (χ3v) is 9.81. The van der Waals surface area contributed by atoms with Crippen LogP contribution in [-0.4, -0.2) is 74.5 Å². The second kappa shape index (κ2) is 11.8. The van der Waals surface area contributed by atoms with E-state index in [-0.39, 0.29) is 35.5 Å². The highest BCUT2D eigenvalue weighted by molar-refractivity contribution is 6.08. The van der Waals surface area contributed by atoms with Crippen LogP contribution in [0, 0.1) is 24.1 Å². The van der Waals surface area contributed by atoms with Gasteiger partial charge in [0.05, 0.1) is 17.7 Å². The van der Waals surface area contributed by atoms with Crippen LogP contribution in [0.2, 0.25) is 0 Å². The monoisotopic (exact) mass is 617 g/mol. The van der Waals surface area contributed by atoms with E-state index in [0.29, 0.717) is 70.0 Å². The summed E-state index contributed by atoms with van der Waals surface area (Å²) >= 11 is 0. The maximum atomic E-state index is 17.1. The Kier molecular flexibility index (Phi) is 7.65. The van der Waals surface area contributed by atoms with E-state index in [4.69, 9.17) is 9.72 Å². The molecular formula is C36H36FN7O2. The fourth-order valence-corrected chi connectivity index (χ4v) is 7.45. The summed E-state index contributed by atoms with van der Waals surface area (Å²) in [6, 6.07) is 15.6. The lowest BCUT2D eigenvalue weighted by atomic mass is 9.91. The number of amides is 1. The van der Waals surface area contributed by atoms with Crippen molar-refractivity contribution in [2.75, 3.05) is 26.7 Å². The minimum absolute atomic E-state index is 0.0463. The molecule has 0 N–H and O–H groups in total. The predicted octanol–water partition coefficient (Wildman–Crippen LogP) is 6.33. The highest BCUT2D eigenvalue weighted by Crippen LogP contribution is 2.41. The van der Waals surface area contributed by atoms with Crippen LogP contribution in [0.15, 0.2) is 55.1 Å². The number of aromatic nitrogens is 4. The van der Waals surface area contributed by atoms with Crippen molar-refractivity contribution in [1.29, 1.82) is 5.26 Å². The van der Waals surface area contributed by atoms with Crippen molar-refractivity contribution in [3.05, 3.63) is 72.1 Å². The van der Waals surface area contributed by atoms with Gasteiger partial charge in [-0.25, -0.2) is 14.1 Å². The molecule has 0 unspecified atom stereocenters. The van der Waals surface area contributed by atoms with E-state index < -0.39 is 5.82 Å². The van der Waals surface area contributed by atoms with Crippen LogP contribution in [0.1, 0.15) is 49.8 Å². The molecule has 0 bridgehead atoms. The third-order valence-electron chi connectivity index (χ3n) is 9.81. The molecule has 0 saturated carbocycles. The van der Waals surface area contributed by atoms with Gasteiger partial charge in [-0.15, -0.1) is 5.10 Å². The molecule has 9 nitrogen and oxygen atoms in total. The number of nitriles is 1. The smallest absolute Gasteiger partial charge is 0.245 e. The highest BCUT2D eigenvalue weighted by atomic mass is 19.1. The second-order valence-electron chi connectivity index (χ2n) is 12.5. The first-order chi connectivity index (χ1) is 22.3. The second-order valence-corrected chi connectivity index (χ2v) is 12.5. The molecule has 2 aromatic heterocycles. The predicted molar refractivity (Wildman–Crippen MR) is 176 cm³/mol. The van der Waals surface area contributed by atoms with Crippen molar-refractivity contribution in [3.63, 3.8) is 0 Å². The number of nitrogens with zero attached hydrogens (tertiary/aromatic N) is 7. The Labute approximate surface area is 266 Å². The molecule has 2 fully saturated rings. The van der Waals surface area contributed by atoms with Gasteiger partial charge < -0.3 is 9.64 Å². The number of benzene rings is 3. The largest absolute Gasteiger partial charge is 0.471 e. The SMILES string of the molecule is C=CC(=O)N1CCC(n2nnc3c(O[C@@H](C)[C@@H]4CCCN4C)nc4c(F)c(-c5cccc6cccc(C#N)c56)c(C)cc4c32)CC1. The number of rotatable bonds is 6. The van der Waals surface area contributed by atoms with Crippen molar-refractivity contribution in [2.24, 2.45) is 0 Å². The van der Waals surface area contributed by atoms with E-state index in [2.05, 4.69) is 34.9 Å². The molecule has 5 aromatic rings. The first-order valence-corrected chi connectivity index (χ1v) is 15.9. The molecular weight excluding hydrogens is 581 g/mol. The summed E-state index contributed by atoms with van der Waals surface area (Å²) in [7, 11) is 2.09. The zero-order valence-corrected chi connectivity index (χ0v) is 26.3. The lowest BCUT2D eigenvalue weighted by Crippen LogP contribution is -2.38. The normalized spacial score (nSPS) is 18.3. The van der Waals surface area contributed by atoms with Crippen LogP contribution in [0.25, 0.3) is 43.8 Å². The summed E-state index contributed by atoms with van der Waals surface area (Å²) in [6.45, 7) is 9.65. The first-order valence-electron chi connectivity index (χ1n) is 15.9. The number of aryl methyl sites for hydroxylation is 1. The van der Waals surface area contributed by atoms with Gasteiger partial charge >= 0.3 is 0 Å². The van der Waals surface area contributed by atoms with Crippen LogP contribution >= 0.6 is 0 Å². The van der Waals surface area contributed by atoms with Gasteiger partial charge in [-0.2, -0.15) is 5.26 Å². The average molecular weight is 618 g/mol. The summed E-state index contributed by atoms with van der Waals surface area (Å²) < 4.78 is 25.6. The molecule has 4 heterocycles. The topological polar surface area (TPSA) is 100 Å². The third kappa shape index (κ3) is 4.86. The Balaban J connectivity index is 1.43. The van der Waals surface area contributed by atoms with E-state index in [0.717, 1.165) is 24.8 Å². The van der Waals surface area contributed by atoms with Crippen LogP contribution in [0.4, 0.5) is 4.39 Å². The van der Waals surface area contributed by atoms with Crippen molar-refractivity contribution in [3.8, 4) is 23.1 Å². The van der Waals surface area contributed by atoms with E-state index in [9.17, 15) is 10.1 Å². The number of fused-ring (bicyclic) bond motifs is 4. The minimum atomic E-state index is -0.480. The van der Waals surface area contributed by atoms with Gasteiger partial charge in [0.25, 0.3) is 0 Å².